The van der Waals surface area contributed by atoms with Crippen LogP contribution in [0.4, 0.5) is 0 Å². The fourth-order valence-electron chi connectivity index (χ4n) is 3.30. The number of piperazine rings is 1. The molecule has 1 heterocycles. The van der Waals surface area contributed by atoms with Crippen LogP contribution in [0.1, 0.15) is 54.4 Å². The summed E-state index contributed by atoms with van der Waals surface area (Å²) < 4.78 is 0. The molecule has 0 aromatic rings. The first-order valence-corrected chi connectivity index (χ1v) is 10.3. The maximum absolute atomic E-state index is 4.94. The van der Waals surface area contributed by atoms with Gasteiger partial charge in [-0.1, -0.05) is 27.7 Å². The maximum Gasteiger partial charge on any atom is 0.191 e. The van der Waals surface area contributed by atoms with Gasteiger partial charge in [-0.2, -0.15) is 0 Å². The van der Waals surface area contributed by atoms with Gasteiger partial charge in [0.2, 0.25) is 0 Å². The highest BCUT2D eigenvalue weighted by molar-refractivity contribution is 14.0. The van der Waals surface area contributed by atoms with Gasteiger partial charge in [-0.05, 0) is 45.6 Å². The third-order valence-electron chi connectivity index (χ3n) is 5.12. The highest BCUT2D eigenvalue weighted by Crippen LogP contribution is 2.14. The first kappa shape index (κ1) is 25.9. The van der Waals surface area contributed by atoms with Crippen LogP contribution in [0, 0.1) is 11.8 Å². The van der Waals surface area contributed by atoms with E-state index in [9.17, 15) is 0 Å². The molecule has 1 saturated heterocycles. The molecule has 156 valence electrons. The summed E-state index contributed by atoms with van der Waals surface area (Å²) in [5.74, 6) is 2.35. The minimum absolute atomic E-state index is 0. The van der Waals surface area contributed by atoms with Crippen LogP contribution >= 0.6 is 24.0 Å². The summed E-state index contributed by atoms with van der Waals surface area (Å²) in [6.07, 6.45) is 2.44. The number of nitrogens with one attached hydrogen (secondary N) is 2. The summed E-state index contributed by atoms with van der Waals surface area (Å²) in [6, 6.07) is 0.983. The summed E-state index contributed by atoms with van der Waals surface area (Å²) >= 11 is 0. The molecule has 1 aliphatic rings. The Morgan fingerprint density at radius 1 is 1.00 bits per heavy atom. The number of rotatable bonds is 9. The van der Waals surface area contributed by atoms with Crippen LogP contribution in [0.15, 0.2) is 4.99 Å². The average molecular weight is 482 g/mol. The van der Waals surface area contributed by atoms with E-state index >= 15 is 0 Å². The van der Waals surface area contributed by atoms with Crippen LogP contribution < -0.4 is 10.6 Å². The third kappa shape index (κ3) is 10.3. The fraction of sp³-hybridized carbons (Fsp3) is 0.950. The van der Waals surface area contributed by atoms with Crippen LogP contribution in [-0.4, -0.2) is 74.2 Å². The maximum atomic E-state index is 4.94. The van der Waals surface area contributed by atoms with Crippen molar-refractivity contribution < 1.29 is 0 Å². The lowest BCUT2D eigenvalue weighted by molar-refractivity contribution is 0.0925. The number of likely N-dealkylation sites (N-methyl/N-ethyl adjacent to an activating group) is 1. The Balaban J connectivity index is 0.00000625. The minimum atomic E-state index is 0. The molecule has 0 saturated carbocycles. The molecule has 2 N–H and O–H groups in total. The Kier molecular flexibility index (Phi) is 14.0. The zero-order valence-electron chi connectivity index (χ0n) is 18.2. The first-order valence-electron chi connectivity index (χ1n) is 10.3. The molecule has 0 radical (unpaired) electrons. The van der Waals surface area contributed by atoms with Crippen molar-refractivity contribution >= 4 is 29.9 Å². The van der Waals surface area contributed by atoms with Crippen LogP contribution in [0.3, 0.4) is 0 Å². The molecule has 1 aliphatic heterocycles. The van der Waals surface area contributed by atoms with E-state index in [1.165, 1.54) is 12.8 Å². The van der Waals surface area contributed by atoms with E-state index in [4.69, 9.17) is 4.99 Å². The largest absolute Gasteiger partial charge is 0.357 e. The van der Waals surface area contributed by atoms with Crippen molar-refractivity contribution in [2.45, 2.75) is 66.5 Å². The Morgan fingerprint density at radius 2 is 1.62 bits per heavy atom. The van der Waals surface area contributed by atoms with E-state index in [-0.39, 0.29) is 24.0 Å². The number of halogens is 1. The molecule has 5 nitrogen and oxygen atoms in total. The van der Waals surface area contributed by atoms with Crippen molar-refractivity contribution in [3.63, 3.8) is 0 Å². The standard InChI is InChI=1S/C20H43N5.HI/c1-8-21-20(23-18(6)10-9-16(2)3)22-15-19(17(4)5)25-13-11-24(7)12-14-25;/h16-19H,8-15H2,1-7H3,(H2,21,22,23);1H. The monoisotopic (exact) mass is 481 g/mol. The zero-order valence-corrected chi connectivity index (χ0v) is 20.5. The summed E-state index contributed by atoms with van der Waals surface area (Å²) in [6.45, 7) is 20.0. The molecule has 0 spiro atoms. The molecule has 6 heteroatoms. The van der Waals surface area contributed by atoms with Gasteiger partial charge in [-0.3, -0.25) is 9.89 Å². The highest BCUT2D eigenvalue weighted by Gasteiger charge is 2.24. The number of aliphatic imine (C=N–C) groups is 1. The van der Waals surface area contributed by atoms with Gasteiger partial charge in [0.05, 0.1) is 6.54 Å². The summed E-state index contributed by atoms with van der Waals surface area (Å²) in [5.41, 5.74) is 0. The second-order valence-electron chi connectivity index (χ2n) is 8.39. The second-order valence-corrected chi connectivity index (χ2v) is 8.39. The summed E-state index contributed by atoms with van der Waals surface area (Å²) in [7, 11) is 2.21. The van der Waals surface area contributed by atoms with E-state index in [1.807, 2.05) is 0 Å². The van der Waals surface area contributed by atoms with Gasteiger partial charge in [-0.15, -0.1) is 24.0 Å². The summed E-state index contributed by atoms with van der Waals surface area (Å²) in [5, 5.41) is 7.01. The molecular weight excluding hydrogens is 437 g/mol. The van der Waals surface area contributed by atoms with E-state index < -0.39 is 0 Å². The lowest BCUT2D eigenvalue weighted by Crippen LogP contribution is -2.52. The van der Waals surface area contributed by atoms with Crippen molar-refractivity contribution in [1.82, 2.24) is 20.4 Å². The van der Waals surface area contributed by atoms with Crippen molar-refractivity contribution in [1.29, 1.82) is 0 Å². The number of hydrogen-bond donors (Lipinski definition) is 2. The predicted molar refractivity (Wildman–Crippen MR) is 126 cm³/mol. The van der Waals surface area contributed by atoms with Crippen molar-refractivity contribution in [2.75, 3.05) is 46.3 Å². The smallest absolute Gasteiger partial charge is 0.191 e. The topological polar surface area (TPSA) is 42.9 Å². The van der Waals surface area contributed by atoms with Gasteiger partial charge in [-0.25, -0.2) is 0 Å². The van der Waals surface area contributed by atoms with E-state index in [2.05, 4.69) is 69.0 Å². The van der Waals surface area contributed by atoms with Gasteiger partial charge in [0.25, 0.3) is 0 Å². The van der Waals surface area contributed by atoms with Crippen molar-refractivity contribution in [3.05, 3.63) is 0 Å². The van der Waals surface area contributed by atoms with Crippen LogP contribution in [-0.2, 0) is 0 Å². The second kappa shape index (κ2) is 14.0. The predicted octanol–water partition coefficient (Wildman–Crippen LogP) is 3.26. The third-order valence-corrected chi connectivity index (χ3v) is 5.12. The van der Waals surface area contributed by atoms with E-state index in [1.54, 1.807) is 0 Å². The lowest BCUT2D eigenvalue weighted by atomic mass is 10.0. The molecule has 0 amide bonds. The fourth-order valence-corrected chi connectivity index (χ4v) is 3.30. The van der Waals surface area contributed by atoms with Crippen LogP contribution in [0.25, 0.3) is 0 Å². The van der Waals surface area contributed by atoms with E-state index in [0.29, 0.717) is 18.0 Å². The molecule has 26 heavy (non-hydrogen) atoms. The molecular formula is C20H44IN5. The van der Waals surface area contributed by atoms with Crippen LogP contribution in [0.5, 0.6) is 0 Å². The Bertz CT molecular complexity index is 378. The zero-order chi connectivity index (χ0) is 18.8. The Hall–Kier alpha value is -0.0800. The normalized spacial score (nSPS) is 19.3. The number of hydrogen-bond acceptors (Lipinski definition) is 3. The van der Waals surface area contributed by atoms with Gasteiger partial charge in [0, 0.05) is 44.8 Å². The molecule has 2 atom stereocenters. The molecule has 2 unspecified atom stereocenters. The molecule has 1 rings (SSSR count). The SMILES string of the molecule is CCNC(=NCC(C(C)C)N1CCN(C)CC1)NC(C)CCC(C)C.I. The molecule has 0 aromatic carbocycles. The Morgan fingerprint density at radius 3 is 2.12 bits per heavy atom. The van der Waals surface area contributed by atoms with Crippen molar-refractivity contribution in [2.24, 2.45) is 16.8 Å². The lowest BCUT2D eigenvalue weighted by Gasteiger charge is -2.39. The minimum Gasteiger partial charge on any atom is -0.357 e. The first-order chi connectivity index (χ1) is 11.8. The quantitative estimate of drug-likeness (QED) is 0.302. The highest BCUT2D eigenvalue weighted by atomic mass is 127. The Labute approximate surface area is 179 Å². The van der Waals surface area contributed by atoms with Crippen molar-refractivity contribution in [3.8, 4) is 0 Å². The number of nitrogens with zero attached hydrogens (tertiary/aromatic N) is 3. The molecule has 1 fully saturated rings. The average Bonchev–Trinajstić information content (AvgIpc) is 2.54. The molecule has 0 aromatic heterocycles. The van der Waals surface area contributed by atoms with Gasteiger partial charge >= 0.3 is 0 Å². The van der Waals surface area contributed by atoms with Gasteiger partial charge in [0.15, 0.2) is 5.96 Å². The van der Waals surface area contributed by atoms with Crippen LogP contribution in [0.2, 0.25) is 0 Å². The molecule has 0 aliphatic carbocycles. The summed E-state index contributed by atoms with van der Waals surface area (Å²) in [4.78, 5) is 9.98. The number of guanidine groups is 1. The van der Waals surface area contributed by atoms with E-state index in [0.717, 1.165) is 51.1 Å². The van der Waals surface area contributed by atoms with Gasteiger partial charge in [0.1, 0.15) is 0 Å². The van der Waals surface area contributed by atoms with Gasteiger partial charge < -0.3 is 15.5 Å². The molecule has 0 bridgehead atoms.